The summed E-state index contributed by atoms with van der Waals surface area (Å²) in [5.74, 6) is -0.316. The average Bonchev–Trinajstić information content (AvgIpc) is 2.94. The van der Waals surface area contributed by atoms with Gasteiger partial charge in [0.1, 0.15) is 4.21 Å². The number of benzene rings is 1. The molecule has 2 aromatic rings. The molecule has 0 aliphatic carbocycles. The van der Waals surface area contributed by atoms with E-state index in [0.717, 1.165) is 21.2 Å². The van der Waals surface area contributed by atoms with Crippen molar-refractivity contribution in [2.75, 3.05) is 20.6 Å². The van der Waals surface area contributed by atoms with Gasteiger partial charge in [0.2, 0.25) is 5.91 Å². The molecule has 130 valence electrons. The maximum atomic E-state index is 12.4. The van der Waals surface area contributed by atoms with Crippen molar-refractivity contribution in [2.24, 2.45) is 0 Å². The lowest BCUT2D eigenvalue weighted by molar-refractivity contribution is -0.130. The summed E-state index contributed by atoms with van der Waals surface area (Å²) >= 11 is 12.7. The smallest absolute Gasteiger partial charge is 0.252 e. The quantitative estimate of drug-likeness (QED) is 0.738. The van der Waals surface area contributed by atoms with Crippen molar-refractivity contribution in [1.29, 1.82) is 0 Å². The first-order valence-electron chi connectivity index (χ1n) is 6.90. The van der Waals surface area contributed by atoms with Crippen molar-refractivity contribution in [3.8, 4) is 0 Å². The number of hydrogen-bond donors (Lipinski definition) is 0. The third-order valence-electron chi connectivity index (χ3n) is 3.31. The Kier molecular flexibility index (Phi) is 6.28. The number of nitrogens with zero attached hydrogens (tertiary/aromatic N) is 2. The van der Waals surface area contributed by atoms with Crippen LogP contribution < -0.4 is 0 Å². The number of hydrogen-bond acceptors (Lipinski definition) is 4. The molecule has 1 aromatic carbocycles. The molecule has 0 saturated heterocycles. The molecule has 0 unspecified atom stereocenters. The number of likely N-dealkylation sites (N-methyl/N-ethyl adjacent to an activating group) is 2. The van der Waals surface area contributed by atoms with Crippen LogP contribution in [-0.2, 0) is 21.4 Å². The normalized spacial score (nSPS) is 11.7. The molecular formula is C15H16Cl2N2O3S2. The number of halogens is 2. The molecule has 24 heavy (non-hydrogen) atoms. The Labute approximate surface area is 155 Å². The minimum Gasteiger partial charge on any atom is -0.340 e. The summed E-state index contributed by atoms with van der Waals surface area (Å²) < 4.78 is 26.3. The van der Waals surface area contributed by atoms with Crippen LogP contribution in [0.2, 0.25) is 9.36 Å². The van der Waals surface area contributed by atoms with Crippen molar-refractivity contribution < 1.29 is 13.2 Å². The second kappa shape index (κ2) is 7.84. The summed E-state index contributed by atoms with van der Waals surface area (Å²) in [6.45, 7) is 0.0903. The summed E-state index contributed by atoms with van der Waals surface area (Å²) in [6.07, 6.45) is 0. The van der Waals surface area contributed by atoms with Crippen LogP contribution in [0.1, 0.15) is 5.56 Å². The van der Waals surface area contributed by atoms with Crippen molar-refractivity contribution in [2.45, 2.75) is 10.8 Å². The second-order valence-electron chi connectivity index (χ2n) is 5.20. The first-order chi connectivity index (χ1) is 11.2. The molecule has 0 aliphatic heterocycles. The van der Waals surface area contributed by atoms with Crippen molar-refractivity contribution >= 4 is 50.5 Å². The highest BCUT2D eigenvalue weighted by molar-refractivity contribution is 7.91. The fraction of sp³-hybridized carbons (Fsp3) is 0.267. The SMILES string of the molecule is CN(Cc1cccc(Cl)c1)C(=O)CN(C)S(=O)(=O)c1ccc(Cl)s1. The van der Waals surface area contributed by atoms with Crippen LogP contribution in [0.15, 0.2) is 40.6 Å². The summed E-state index contributed by atoms with van der Waals surface area (Å²) in [7, 11) is -0.742. The Morgan fingerprint density at radius 1 is 1.17 bits per heavy atom. The molecular weight excluding hydrogens is 391 g/mol. The number of amides is 1. The topological polar surface area (TPSA) is 57.7 Å². The van der Waals surface area contributed by atoms with Gasteiger partial charge in [0.05, 0.1) is 10.9 Å². The molecule has 0 radical (unpaired) electrons. The summed E-state index contributed by atoms with van der Waals surface area (Å²) in [5.41, 5.74) is 0.869. The van der Waals surface area contributed by atoms with Crippen LogP contribution in [0.25, 0.3) is 0 Å². The summed E-state index contributed by atoms with van der Waals surface area (Å²) in [5, 5.41) is 0.586. The molecule has 0 spiro atoms. The predicted octanol–water partition coefficient (Wildman–Crippen LogP) is 3.33. The van der Waals surface area contributed by atoms with Gasteiger partial charge in [0, 0.05) is 25.7 Å². The Balaban J connectivity index is 2.02. The van der Waals surface area contributed by atoms with Crippen LogP contribution in [0, 0.1) is 0 Å². The van der Waals surface area contributed by atoms with Gasteiger partial charge in [-0.1, -0.05) is 35.3 Å². The molecule has 1 amide bonds. The van der Waals surface area contributed by atoms with Gasteiger partial charge in [-0.2, -0.15) is 4.31 Å². The molecule has 0 aliphatic rings. The molecule has 1 aromatic heterocycles. The van der Waals surface area contributed by atoms with Crippen LogP contribution in [-0.4, -0.2) is 44.2 Å². The number of thiophene rings is 1. The zero-order valence-corrected chi connectivity index (χ0v) is 16.2. The monoisotopic (exact) mass is 406 g/mol. The van der Waals surface area contributed by atoms with Crippen LogP contribution in [0.4, 0.5) is 0 Å². The van der Waals surface area contributed by atoms with Crippen molar-refractivity contribution in [3.05, 3.63) is 51.3 Å². The zero-order chi connectivity index (χ0) is 17.9. The fourth-order valence-corrected chi connectivity index (χ4v) is 5.01. The van der Waals surface area contributed by atoms with Gasteiger partial charge in [-0.25, -0.2) is 8.42 Å². The standard InChI is InChI=1S/C15H16Cl2N2O3S2/c1-18(9-11-4-3-5-12(16)8-11)14(20)10-19(2)24(21,22)15-7-6-13(17)23-15/h3-8H,9-10H2,1-2H3. The Morgan fingerprint density at radius 2 is 1.88 bits per heavy atom. The van der Waals surface area contributed by atoms with E-state index in [1.165, 1.54) is 24.1 Å². The average molecular weight is 407 g/mol. The van der Waals surface area contributed by atoms with Gasteiger partial charge in [-0.05, 0) is 29.8 Å². The van der Waals surface area contributed by atoms with E-state index in [1.807, 2.05) is 6.07 Å². The molecule has 2 rings (SSSR count). The highest BCUT2D eigenvalue weighted by atomic mass is 35.5. The van der Waals surface area contributed by atoms with E-state index in [0.29, 0.717) is 15.9 Å². The van der Waals surface area contributed by atoms with Crippen LogP contribution >= 0.6 is 34.5 Å². The number of carbonyl (C=O) groups is 1. The Hall–Kier alpha value is -1.12. The summed E-state index contributed by atoms with van der Waals surface area (Å²) in [4.78, 5) is 13.7. The van der Waals surface area contributed by atoms with Crippen LogP contribution in [0.3, 0.4) is 0 Å². The number of sulfonamides is 1. The van der Waals surface area contributed by atoms with E-state index in [9.17, 15) is 13.2 Å². The number of carbonyl (C=O) groups excluding carboxylic acids is 1. The van der Waals surface area contributed by atoms with E-state index in [2.05, 4.69) is 0 Å². The minimum absolute atomic E-state index is 0.111. The number of rotatable bonds is 6. The highest BCUT2D eigenvalue weighted by Gasteiger charge is 2.25. The minimum atomic E-state index is -3.73. The molecule has 1 heterocycles. The van der Waals surface area contributed by atoms with E-state index < -0.39 is 10.0 Å². The highest BCUT2D eigenvalue weighted by Crippen LogP contribution is 2.27. The third kappa shape index (κ3) is 4.70. The lowest BCUT2D eigenvalue weighted by Gasteiger charge is -2.21. The van der Waals surface area contributed by atoms with E-state index >= 15 is 0 Å². The van der Waals surface area contributed by atoms with E-state index in [1.54, 1.807) is 25.2 Å². The van der Waals surface area contributed by atoms with E-state index in [4.69, 9.17) is 23.2 Å². The molecule has 0 N–H and O–H groups in total. The van der Waals surface area contributed by atoms with Gasteiger partial charge in [0.15, 0.2) is 0 Å². The molecule has 0 fully saturated rings. The Bertz CT molecular complexity index is 837. The van der Waals surface area contributed by atoms with Gasteiger partial charge < -0.3 is 4.90 Å². The summed E-state index contributed by atoms with van der Waals surface area (Å²) in [6, 6.07) is 10.1. The predicted molar refractivity (Wildman–Crippen MR) is 97.1 cm³/mol. The first-order valence-corrected chi connectivity index (χ1v) is 9.91. The molecule has 9 heteroatoms. The van der Waals surface area contributed by atoms with Gasteiger partial charge >= 0.3 is 0 Å². The van der Waals surface area contributed by atoms with Crippen molar-refractivity contribution in [3.63, 3.8) is 0 Å². The maximum absolute atomic E-state index is 12.4. The molecule has 5 nitrogen and oxygen atoms in total. The fourth-order valence-electron chi connectivity index (χ4n) is 1.98. The van der Waals surface area contributed by atoms with Gasteiger partial charge in [-0.3, -0.25) is 4.79 Å². The largest absolute Gasteiger partial charge is 0.340 e. The lowest BCUT2D eigenvalue weighted by atomic mass is 10.2. The van der Waals surface area contributed by atoms with E-state index in [-0.39, 0.29) is 16.7 Å². The van der Waals surface area contributed by atoms with Gasteiger partial charge in [-0.15, -0.1) is 11.3 Å². The third-order valence-corrected chi connectivity index (χ3v) is 7.04. The zero-order valence-electron chi connectivity index (χ0n) is 13.1. The van der Waals surface area contributed by atoms with Crippen LogP contribution in [0.5, 0.6) is 0 Å². The molecule has 0 atom stereocenters. The maximum Gasteiger partial charge on any atom is 0.252 e. The first kappa shape index (κ1) is 19.2. The van der Waals surface area contributed by atoms with Gasteiger partial charge in [0.25, 0.3) is 10.0 Å². The second-order valence-corrected chi connectivity index (χ2v) is 9.62. The van der Waals surface area contributed by atoms with Crippen molar-refractivity contribution in [1.82, 2.24) is 9.21 Å². The Morgan fingerprint density at radius 3 is 2.46 bits per heavy atom. The molecule has 0 saturated carbocycles. The molecule has 0 bridgehead atoms. The lowest BCUT2D eigenvalue weighted by Crippen LogP contribution is -2.38.